The van der Waals surface area contributed by atoms with Crippen LogP contribution in [0.3, 0.4) is 0 Å². The van der Waals surface area contributed by atoms with Gasteiger partial charge in [0.1, 0.15) is 13.1 Å². The Morgan fingerprint density at radius 1 is 1.19 bits per heavy atom. The van der Waals surface area contributed by atoms with Crippen molar-refractivity contribution in [3.63, 3.8) is 0 Å². The van der Waals surface area contributed by atoms with E-state index in [1.54, 1.807) is 0 Å². The molecule has 1 aromatic carbocycles. The summed E-state index contributed by atoms with van der Waals surface area (Å²) < 4.78 is 5.51. The first-order valence-corrected chi connectivity index (χ1v) is 9.57. The van der Waals surface area contributed by atoms with E-state index in [2.05, 4.69) is 55.8 Å². The number of ether oxygens (including phenoxy) is 1. The van der Waals surface area contributed by atoms with Crippen LogP contribution in [0.2, 0.25) is 0 Å². The molecule has 0 saturated carbocycles. The predicted molar refractivity (Wildman–Crippen MR) is 106 cm³/mol. The van der Waals surface area contributed by atoms with Gasteiger partial charge in [-0.3, -0.25) is 0 Å². The van der Waals surface area contributed by atoms with Crippen LogP contribution in [-0.2, 0) is 9.57 Å². The lowest BCUT2D eigenvalue weighted by Gasteiger charge is -2.31. The van der Waals surface area contributed by atoms with Gasteiger partial charge in [-0.25, -0.2) is 4.84 Å². The Morgan fingerprint density at radius 3 is 2.54 bits per heavy atom. The summed E-state index contributed by atoms with van der Waals surface area (Å²) >= 11 is 0. The summed E-state index contributed by atoms with van der Waals surface area (Å²) in [4.78, 5) is 8.06. The average Bonchev–Trinajstić information content (AvgIpc) is 2.65. The smallest absolute Gasteiger partial charge is 0.264 e. The van der Waals surface area contributed by atoms with E-state index in [0.717, 1.165) is 44.7 Å². The first kappa shape index (κ1) is 18.7. The number of morpholine rings is 1. The second kappa shape index (κ2) is 8.09. The average molecular weight is 356 g/mol. The van der Waals surface area contributed by atoms with Crippen molar-refractivity contribution in [2.45, 2.75) is 33.6 Å². The van der Waals surface area contributed by atoms with Gasteiger partial charge in [0.15, 0.2) is 6.61 Å². The summed E-state index contributed by atoms with van der Waals surface area (Å²) in [6, 6.07) is 10.4. The molecule has 4 heteroatoms. The van der Waals surface area contributed by atoms with E-state index in [9.17, 15) is 0 Å². The second-order valence-corrected chi connectivity index (χ2v) is 7.78. The largest absolute Gasteiger partial charge is 0.377 e. The van der Waals surface area contributed by atoms with E-state index >= 15 is 0 Å². The molecule has 1 saturated heterocycles. The molecule has 26 heavy (non-hydrogen) atoms. The summed E-state index contributed by atoms with van der Waals surface area (Å²) in [6.45, 7) is 14.9. The van der Waals surface area contributed by atoms with Crippen LogP contribution in [0.5, 0.6) is 0 Å². The molecule has 1 heterocycles. The molecule has 4 nitrogen and oxygen atoms in total. The van der Waals surface area contributed by atoms with Gasteiger partial charge in [0, 0.05) is 12.5 Å². The van der Waals surface area contributed by atoms with Crippen LogP contribution < -0.4 is 0 Å². The standard InChI is InChI=1S/C22H31N2O2/c1-5-26-24(23-11-13-25-14-12-23)21-15-20(16-22(3,4)17-21)18(2)19-9-7-6-8-10-19/h6-10,15H,2,5,11-14,16-17H2,1,3-4H3/q+1/b24-21-. The lowest BCUT2D eigenvalue weighted by molar-refractivity contribution is -0.897. The van der Waals surface area contributed by atoms with Crippen molar-refractivity contribution in [1.29, 1.82) is 0 Å². The highest BCUT2D eigenvalue weighted by atomic mass is 16.7. The van der Waals surface area contributed by atoms with E-state index in [1.165, 1.54) is 16.8 Å². The first-order chi connectivity index (χ1) is 12.5. The quantitative estimate of drug-likeness (QED) is 0.587. The summed E-state index contributed by atoms with van der Waals surface area (Å²) in [5.74, 6) is 0. The molecule has 1 aliphatic carbocycles. The van der Waals surface area contributed by atoms with Gasteiger partial charge in [0.05, 0.1) is 18.1 Å². The number of benzene rings is 1. The Bertz CT molecular complexity index is 698. The molecule has 0 spiro atoms. The molecule has 0 amide bonds. The maximum Gasteiger partial charge on any atom is 0.264 e. The van der Waals surface area contributed by atoms with Gasteiger partial charge < -0.3 is 4.74 Å². The molecule has 0 aromatic heterocycles. The van der Waals surface area contributed by atoms with Crippen molar-refractivity contribution in [3.05, 3.63) is 54.1 Å². The fourth-order valence-corrected chi connectivity index (χ4v) is 3.72. The van der Waals surface area contributed by atoms with Crippen molar-refractivity contribution >= 4 is 11.3 Å². The number of rotatable bonds is 5. The fourth-order valence-electron chi connectivity index (χ4n) is 3.72. The number of hydrogen-bond donors (Lipinski definition) is 0. The highest BCUT2D eigenvalue weighted by Crippen LogP contribution is 2.39. The molecule has 1 aromatic rings. The number of hydrogen-bond acceptors (Lipinski definition) is 3. The minimum absolute atomic E-state index is 0.165. The van der Waals surface area contributed by atoms with Gasteiger partial charge in [-0.05, 0) is 35.5 Å². The first-order valence-electron chi connectivity index (χ1n) is 9.57. The molecule has 0 radical (unpaired) electrons. The molecule has 1 fully saturated rings. The highest BCUT2D eigenvalue weighted by molar-refractivity contribution is 5.97. The lowest BCUT2D eigenvalue weighted by atomic mass is 9.74. The second-order valence-electron chi connectivity index (χ2n) is 7.78. The third-order valence-electron chi connectivity index (χ3n) is 4.92. The maximum atomic E-state index is 6.04. The predicted octanol–water partition coefficient (Wildman–Crippen LogP) is 4.10. The van der Waals surface area contributed by atoms with Crippen LogP contribution >= 0.6 is 0 Å². The fraction of sp³-hybridized carbons (Fsp3) is 0.500. The van der Waals surface area contributed by atoms with Crippen LogP contribution in [0.4, 0.5) is 0 Å². The monoisotopic (exact) mass is 355 g/mol. The minimum Gasteiger partial charge on any atom is -0.377 e. The van der Waals surface area contributed by atoms with Crippen molar-refractivity contribution in [2.24, 2.45) is 5.41 Å². The molecule has 1 aliphatic heterocycles. The SMILES string of the molecule is C=C(C1=C/C(=[N+](/OCC)N2CCOCC2)CC(C)(C)C1)c1ccccc1. The van der Waals surface area contributed by atoms with E-state index in [-0.39, 0.29) is 5.41 Å². The van der Waals surface area contributed by atoms with Crippen LogP contribution in [0, 0.1) is 5.41 Å². The molecule has 0 unspecified atom stereocenters. The van der Waals surface area contributed by atoms with Gasteiger partial charge in [0.2, 0.25) is 0 Å². The molecule has 3 rings (SSSR count). The molecular weight excluding hydrogens is 324 g/mol. The van der Waals surface area contributed by atoms with Crippen LogP contribution in [0.25, 0.3) is 5.57 Å². The Hall–Kier alpha value is -2.07. The number of nitrogens with zero attached hydrogens (tertiary/aromatic N) is 2. The molecular formula is C22H31N2O2+. The Balaban J connectivity index is 1.99. The molecule has 2 aliphatic rings. The normalized spacial score (nSPS) is 21.8. The zero-order valence-electron chi connectivity index (χ0n) is 16.3. The van der Waals surface area contributed by atoms with Crippen LogP contribution in [-0.4, -0.2) is 48.5 Å². The molecule has 140 valence electrons. The van der Waals surface area contributed by atoms with Gasteiger partial charge >= 0.3 is 0 Å². The Kier molecular flexibility index (Phi) is 5.82. The molecule has 0 atom stereocenters. The van der Waals surface area contributed by atoms with Gasteiger partial charge in [-0.1, -0.05) is 50.8 Å². The summed E-state index contributed by atoms with van der Waals surface area (Å²) in [7, 11) is 0. The summed E-state index contributed by atoms with van der Waals surface area (Å²) in [5.41, 5.74) is 4.95. The van der Waals surface area contributed by atoms with E-state index in [0.29, 0.717) is 6.61 Å². The van der Waals surface area contributed by atoms with Crippen molar-refractivity contribution < 1.29 is 14.4 Å². The third kappa shape index (κ3) is 4.36. The van der Waals surface area contributed by atoms with Gasteiger partial charge in [0.25, 0.3) is 5.71 Å². The van der Waals surface area contributed by atoms with Crippen molar-refractivity contribution in [1.82, 2.24) is 5.01 Å². The zero-order valence-corrected chi connectivity index (χ0v) is 16.3. The van der Waals surface area contributed by atoms with E-state index in [1.807, 2.05) is 17.8 Å². The number of hydrazone groups is 1. The van der Waals surface area contributed by atoms with Gasteiger partial charge in [-0.15, -0.1) is 5.01 Å². The lowest BCUT2D eigenvalue weighted by Crippen LogP contribution is -2.47. The molecule has 0 N–H and O–H groups in total. The Morgan fingerprint density at radius 2 is 1.88 bits per heavy atom. The highest BCUT2D eigenvalue weighted by Gasteiger charge is 2.36. The van der Waals surface area contributed by atoms with Crippen LogP contribution in [0.15, 0.2) is 48.6 Å². The van der Waals surface area contributed by atoms with E-state index in [4.69, 9.17) is 9.57 Å². The summed E-state index contributed by atoms with van der Waals surface area (Å²) in [5, 5.41) is 2.25. The summed E-state index contributed by atoms with van der Waals surface area (Å²) in [6.07, 6.45) is 4.29. The topological polar surface area (TPSA) is 24.7 Å². The molecule has 0 bridgehead atoms. The van der Waals surface area contributed by atoms with Crippen molar-refractivity contribution in [3.8, 4) is 0 Å². The van der Waals surface area contributed by atoms with Gasteiger partial charge in [-0.2, -0.15) is 0 Å². The maximum absolute atomic E-state index is 6.04. The number of allylic oxidation sites excluding steroid dienone is 3. The van der Waals surface area contributed by atoms with Crippen LogP contribution in [0.1, 0.15) is 39.2 Å². The number of hydrazine groups is 1. The third-order valence-corrected chi connectivity index (χ3v) is 4.92. The minimum atomic E-state index is 0.165. The van der Waals surface area contributed by atoms with Crippen molar-refractivity contribution in [2.75, 3.05) is 32.9 Å². The Labute approximate surface area is 157 Å². The van der Waals surface area contributed by atoms with E-state index < -0.39 is 0 Å². The zero-order chi connectivity index (χ0) is 18.6.